The fourth-order valence-electron chi connectivity index (χ4n) is 3.64. The molecule has 0 fully saturated rings. The zero-order chi connectivity index (χ0) is 19.1. The first kappa shape index (κ1) is 17.4. The van der Waals surface area contributed by atoms with E-state index in [2.05, 4.69) is 4.74 Å². The normalized spacial score (nSPS) is 13.0. The van der Waals surface area contributed by atoms with Crippen molar-refractivity contribution in [2.75, 3.05) is 7.11 Å². The van der Waals surface area contributed by atoms with Gasteiger partial charge in [0.25, 0.3) is 0 Å². The average Bonchev–Trinajstić information content (AvgIpc) is 3.26. The molecule has 0 atom stereocenters. The number of esters is 1. The van der Waals surface area contributed by atoms with E-state index in [0.717, 1.165) is 46.9 Å². The van der Waals surface area contributed by atoms with Gasteiger partial charge in [0.15, 0.2) is 0 Å². The standard InChI is InChI=1S/C21H20O6/c1-11-7-16(25-10-13-9-18(21(23)24-3)26-12(13)2)19-14-5-4-6-15(14)20(22)27-17(19)8-11/h7-9H,4-6,10H2,1-3H3. The van der Waals surface area contributed by atoms with Gasteiger partial charge in [0, 0.05) is 11.1 Å². The minimum absolute atomic E-state index is 0.148. The molecule has 6 heteroatoms. The van der Waals surface area contributed by atoms with Crippen LogP contribution in [0.1, 0.15) is 45.0 Å². The molecule has 27 heavy (non-hydrogen) atoms. The highest BCUT2D eigenvalue weighted by atomic mass is 16.5. The molecule has 0 saturated heterocycles. The molecule has 0 bridgehead atoms. The number of ether oxygens (including phenoxy) is 2. The lowest BCUT2D eigenvalue weighted by atomic mass is 10.0. The summed E-state index contributed by atoms with van der Waals surface area (Å²) in [6, 6.07) is 5.43. The summed E-state index contributed by atoms with van der Waals surface area (Å²) in [7, 11) is 1.31. The average molecular weight is 368 g/mol. The van der Waals surface area contributed by atoms with Crippen LogP contribution >= 0.6 is 0 Å². The highest BCUT2D eigenvalue weighted by molar-refractivity contribution is 5.89. The van der Waals surface area contributed by atoms with Crippen LogP contribution in [-0.2, 0) is 24.2 Å². The first-order chi connectivity index (χ1) is 13.0. The van der Waals surface area contributed by atoms with Crippen LogP contribution in [0.5, 0.6) is 5.75 Å². The maximum atomic E-state index is 12.2. The molecule has 0 saturated carbocycles. The Bertz CT molecular complexity index is 1100. The molecule has 0 spiro atoms. The summed E-state index contributed by atoms with van der Waals surface area (Å²) < 4.78 is 21.8. The Morgan fingerprint density at radius 3 is 2.67 bits per heavy atom. The number of hydrogen-bond donors (Lipinski definition) is 0. The van der Waals surface area contributed by atoms with Gasteiger partial charge in [-0.15, -0.1) is 0 Å². The van der Waals surface area contributed by atoms with Crippen molar-refractivity contribution in [3.63, 3.8) is 0 Å². The lowest BCUT2D eigenvalue weighted by Crippen LogP contribution is -2.08. The van der Waals surface area contributed by atoms with Crippen molar-refractivity contribution in [3.8, 4) is 5.75 Å². The first-order valence-electron chi connectivity index (χ1n) is 8.87. The third-order valence-corrected chi connectivity index (χ3v) is 4.97. The molecule has 6 nitrogen and oxygen atoms in total. The Morgan fingerprint density at radius 1 is 1.11 bits per heavy atom. The Balaban J connectivity index is 1.73. The van der Waals surface area contributed by atoms with Gasteiger partial charge < -0.3 is 18.3 Å². The maximum Gasteiger partial charge on any atom is 0.373 e. The van der Waals surface area contributed by atoms with Crippen LogP contribution < -0.4 is 10.4 Å². The number of hydrogen-bond acceptors (Lipinski definition) is 6. The van der Waals surface area contributed by atoms with E-state index in [-0.39, 0.29) is 18.0 Å². The van der Waals surface area contributed by atoms with Crippen molar-refractivity contribution in [2.45, 2.75) is 39.7 Å². The van der Waals surface area contributed by atoms with Crippen LogP contribution in [0.25, 0.3) is 11.0 Å². The molecule has 2 heterocycles. The predicted octanol–water partition coefficient (Wildman–Crippen LogP) is 3.86. The van der Waals surface area contributed by atoms with Crippen molar-refractivity contribution in [1.82, 2.24) is 0 Å². The lowest BCUT2D eigenvalue weighted by Gasteiger charge is -2.12. The third kappa shape index (κ3) is 3.01. The van der Waals surface area contributed by atoms with Crippen molar-refractivity contribution in [1.29, 1.82) is 0 Å². The quantitative estimate of drug-likeness (QED) is 0.514. The largest absolute Gasteiger partial charge is 0.488 e. The second-order valence-electron chi connectivity index (χ2n) is 6.81. The SMILES string of the molecule is COC(=O)c1cc(COc2cc(C)cc3oc(=O)c4c(c23)CCC4)c(C)o1. The molecule has 2 aromatic heterocycles. The maximum absolute atomic E-state index is 12.2. The number of rotatable bonds is 4. The summed E-state index contributed by atoms with van der Waals surface area (Å²) in [5, 5.41) is 0.863. The third-order valence-electron chi connectivity index (χ3n) is 4.97. The fourth-order valence-corrected chi connectivity index (χ4v) is 3.64. The number of fused-ring (bicyclic) bond motifs is 3. The number of benzene rings is 1. The highest BCUT2D eigenvalue weighted by Gasteiger charge is 2.23. The molecule has 140 valence electrons. The highest BCUT2D eigenvalue weighted by Crippen LogP contribution is 2.35. The van der Waals surface area contributed by atoms with Gasteiger partial charge in [-0.25, -0.2) is 9.59 Å². The topological polar surface area (TPSA) is 78.9 Å². The van der Waals surface area contributed by atoms with Gasteiger partial charge in [0.05, 0.1) is 12.5 Å². The van der Waals surface area contributed by atoms with Crippen molar-refractivity contribution >= 4 is 16.9 Å². The zero-order valence-electron chi connectivity index (χ0n) is 15.5. The Morgan fingerprint density at radius 2 is 1.89 bits per heavy atom. The van der Waals surface area contributed by atoms with Gasteiger partial charge in [-0.1, -0.05) is 0 Å². The van der Waals surface area contributed by atoms with Crippen molar-refractivity contribution in [2.24, 2.45) is 0 Å². The van der Waals surface area contributed by atoms with Gasteiger partial charge in [0.2, 0.25) is 5.76 Å². The minimum Gasteiger partial charge on any atom is -0.488 e. The Hall–Kier alpha value is -3.02. The smallest absolute Gasteiger partial charge is 0.373 e. The first-order valence-corrected chi connectivity index (χ1v) is 8.87. The molecule has 1 aliphatic rings. The molecular formula is C21H20O6. The zero-order valence-corrected chi connectivity index (χ0v) is 15.5. The summed E-state index contributed by atoms with van der Waals surface area (Å²) in [4.78, 5) is 23.8. The van der Waals surface area contributed by atoms with Crippen molar-refractivity contribution < 1.29 is 23.1 Å². The summed E-state index contributed by atoms with van der Waals surface area (Å²) in [6.07, 6.45) is 2.52. The summed E-state index contributed by atoms with van der Waals surface area (Å²) in [5.41, 5.74) is 3.78. The fraction of sp³-hybridized carbons (Fsp3) is 0.333. The molecule has 4 rings (SSSR count). The monoisotopic (exact) mass is 368 g/mol. The molecule has 3 aromatic rings. The van der Waals surface area contributed by atoms with Gasteiger partial charge >= 0.3 is 11.6 Å². The van der Waals surface area contributed by atoms with Crippen LogP contribution in [0.4, 0.5) is 0 Å². The van der Waals surface area contributed by atoms with Crippen LogP contribution in [0.15, 0.2) is 31.8 Å². The minimum atomic E-state index is -0.523. The molecule has 0 radical (unpaired) electrons. The second-order valence-corrected chi connectivity index (χ2v) is 6.81. The van der Waals surface area contributed by atoms with E-state index in [1.807, 2.05) is 19.1 Å². The predicted molar refractivity (Wildman–Crippen MR) is 98.4 cm³/mol. The van der Waals surface area contributed by atoms with Gasteiger partial charge in [0.1, 0.15) is 23.7 Å². The molecule has 0 aliphatic heterocycles. The van der Waals surface area contributed by atoms with E-state index in [4.69, 9.17) is 13.6 Å². The van der Waals surface area contributed by atoms with E-state index >= 15 is 0 Å². The number of carbonyl (C=O) groups is 1. The van der Waals surface area contributed by atoms with E-state index < -0.39 is 5.97 Å². The van der Waals surface area contributed by atoms with Crippen LogP contribution in [0.2, 0.25) is 0 Å². The van der Waals surface area contributed by atoms with E-state index in [0.29, 0.717) is 17.1 Å². The van der Waals surface area contributed by atoms with Gasteiger partial charge in [-0.3, -0.25) is 0 Å². The molecule has 0 unspecified atom stereocenters. The lowest BCUT2D eigenvalue weighted by molar-refractivity contribution is 0.0563. The summed E-state index contributed by atoms with van der Waals surface area (Å²) >= 11 is 0. The number of furan rings is 1. The van der Waals surface area contributed by atoms with Crippen molar-refractivity contribution in [3.05, 3.63) is 62.4 Å². The molecule has 0 amide bonds. The summed E-state index contributed by atoms with van der Waals surface area (Å²) in [6.45, 7) is 3.94. The second kappa shape index (κ2) is 6.61. The van der Waals surface area contributed by atoms with Crippen LogP contribution in [-0.4, -0.2) is 13.1 Å². The van der Waals surface area contributed by atoms with E-state index in [9.17, 15) is 9.59 Å². The number of methoxy groups -OCH3 is 1. The molecule has 1 aromatic carbocycles. The van der Waals surface area contributed by atoms with E-state index in [1.54, 1.807) is 13.0 Å². The number of carbonyl (C=O) groups excluding carboxylic acids is 1. The Labute approximate surface area is 155 Å². The van der Waals surface area contributed by atoms with Crippen LogP contribution in [0.3, 0.4) is 0 Å². The number of aryl methyl sites for hydroxylation is 3. The van der Waals surface area contributed by atoms with Gasteiger partial charge in [-0.05, 0) is 62.4 Å². The molecule has 0 N–H and O–H groups in total. The summed E-state index contributed by atoms with van der Waals surface area (Å²) in [5.74, 6) is 0.899. The van der Waals surface area contributed by atoms with E-state index in [1.165, 1.54) is 7.11 Å². The van der Waals surface area contributed by atoms with Gasteiger partial charge in [-0.2, -0.15) is 0 Å². The molecular weight excluding hydrogens is 348 g/mol. The van der Waals surface area contributed by atoms with Crippen LogP contribution in [0, 0.1) is 13.8 Å². The molecule has 1 aliphatic carbocycles. The Kier molecular flexibility index (Phi) is 4.26.